The highest BCUT2D eigenvalue weighted by Crippen LogP contribution is 2.48. The zero-order valence-electron chi connectivity index (χ0n) is 13.9. The van der Waals surface area contributed by atoms with Gasteiger partial charge in [0, 0.05) is 22.3 Å². The van der Waals surface area contributed by atoms with Crippen molar-refractivity contribution in [2.45, 2.75) is 11.0 Å². The minimum atomic E-state index is -6.21. The quantitative estimate of drug-likeness (QED) is 0.323. The molecule has 0 aromatic heterocycles. The van der Waals surface area contributed by atoms with Crippen molar-refractivity contribution < 1.29 is 56.3 Å². The Labute approximate surface area is 164 Å². The van der Waals surface area contributed by atoms with Gasteiger partial charge in [0.2, 0.25) is 0 Å². The number of hydrogen-bond donors (Lipinski definition) is 0. The lowest BCUT2D eigenvalue weighted by Crippen LogP contribution is -2.28. The first-order chi connectivity index (χ1) is 13.6. The Bertz CT molecular complexity index is 1160. The van der Waals surface area contributed by atoms with Crippen LogP contribution in [0.1, 0.15) is 15.9 Å². The van der Waals surface area contributed by atoms with Gasteiger partial charge in [0.25, 0.3) is 0 Å². The maximum Gasteiger partial charge on any atom is 0.534 e. The molecule has 0 N–H and O–H groups in total. The van der Waals surface area contributed by atoms with Crippen LogP contribution in [0.4, 0.5) is 26.3 Å². The molecule has 0 saturated carbocycles. The minimum absolute atomic E-state index is 0.430. The van der Waals surface area contributed by atoms with E-state index in [1.54, 1.807) is 0 Å². The van der Waals surface area contributed by atoms with E-state index in [-0.39, 0.29) is 0 Å². The van der Waals surface area contributed by atoms with Crippen molar-refractivity contribution in [1.82, 2.24) is 0 Å². The van der Waals surface area contributed by atoms with E-state index in [0.29, 0.717) is 12.1 Å². The number of hydrogen-bond acceptors (Lipinski definition) is 7. The van der Waals surface area contributed by atoms with E-state index in [0.717, 1.165) is 24.3 Å². The van der Waals surface area contributed by atoms with Gasteiger partial charge in [-0.15, -0.1) is 0 Å². The standard InChI is InChI=1S/C15H6F6O7S2/c16-14(17,18)29(23,24)27-9-5-1-3-7-11(9)12-8(13(7)22)4-2-6-10(12)28-30(25,26)15(19,20)21/h1-6H. The number of rotatable bonds is 4. The van der Waals surface area contributed by atoms with E-state index in [1.807, 2.05) is 0 Å². The first kappa shape index (κ1) is 21.9. The summed E-state index contributed by atoms with van der Waals surface area (Å²) in [5, 5.41) is 0. The smallest absolute Gasteiger partial charge is 0.375 e. The highest BCUT2D eigenvalue weighted by atomic mass is 32.2. The monoisotopic (exact) mass is 476 g/mol. The van der Waals surface area contributed by atoms with Gasteiger partial charge in [-0.05, 0) is 12.1 Å². The summed E-state index contributed by atoms with van der Waals surface area (Å²) in [7, 11) is -12.4. The van der Waals surface area contributed by atoms with E-state index in [2.05, 4.69) is 8.37 Å². The molecule has 0 amide bonds. The summed E-state index contributed by atoms with van der Waals surface area (Å²) in [6, 6.07) is 5.42. The molecule has 30 heavy (non-hydrogen) atoms. The molecule has 2 aromatic carbocycles. The average molecular weight is 476 g/mol. The molecule has 1 aliphatic carbocycles. The zero-order chi connectivity index (χ0) is 22.7. The number of ketones is 1. The maximum atomic E-state index is 12.7. The van der Waals surface area contributed by atoms with Crippen molar-refractivity contribution in [3.05, 3.63) is 47.5 Å². The van der Waals surface area contributed by atoms with Crippen molar-refractivity contribution in [2.24, 2.45) is 0 Å². The third-order valence-corrected chi connectivity index (χ3v) is 5.69. The third kappa shape index (κ3) is 3.47. The SMILES string of the molecule is O=C1c2cccc(OS(=O)(=O)C(F)(F)F)c2-c2c(OS(=O)(=O)C(F)(F)F)cccc21. The summed E-state index contributed by atoms with van der Waals surface area (Å²) < 4.78 is 129. The van der Waals surface area contributed by atoms with Crippen LogP contribution >= 0.6 is 0 Å². The van der Waals surface area contributed by atoms with Crippen LogP contribution in [-0.4, -0.2) is 33.6 Å². The number of halogens is 6. The highest BCUT2D eigenvalue weighted by Gasteiger charge is 2.51. The summed E-state index contributed by atoms with van der Waals surface area (Å²) >= 11 is 0. The molecule has 15 heteroatoms. The Balaban J connectivity index is 2.24. The number of carbonyl (C=O) groups is 1. The van der Waals surface area contributed by atoms with E-state index in [4.69, 9.17) is 0 Å². The van der Waals surface area contributed by atoms with E-state index >= 15 is 0 Å². The Morgan fingerprint density at radius 2 is 0.967 bits per heavy atom. The molecule has 0 spiro atoms. The van der Waals surface area contributed by atoms with Crippen molar-refractivity contribution in [2.75, 3.05) is 0 Å². The molecule has 7 nitrogen and oxygen atoms in total. The first-order valence-corrected chi connectivity index (χ1v) is 10.2. The van der Waals surface area contributed by atoms with Crippen LogP contribution in [0.5, 0.6) is 11.5 Å². The number of benzene rings is 2. The van der Waals surface area contributed by atoms with Gasteiger partial charge < -0.3 is 8.37 Å². The second-order valence-electron chi connectivity index (χ2n) is 5.65. The predicted molar refractivity (Wildman–Crippen MR) is 86.5 cm³/mol. The van der Waals surface area contributed by atoms with E-state index in [1.165, 1.54) is 0 Å². The molecular formula is C15H6F6O7S2. The molecule has 3 rings (SSSR count). The van der Waals surface area contributed by atoms with Crippen LogP contribution in [0.3, 0.4) is 0 Å². The van der Waals surface area contributed by atoms with Crippen molar-refractivity contribution in [3.8, 4) is 22.6 Å². The molecule has 0 unspecified atom stereocenters. The fourth-order valence-electron chi connectivity index (χ4n) is 2.57. The molecule has 0 bridgehead atoms. The van der Waals surface area contributed by atoms with Crippen LogP contribution in [0, 0.1) is 0 Å². The Morgan fingerprint density at radius 1 is 0.633 bits per heavy atom. The van der Waals surface area contributed by atoms with Crippen LogP contribution in [0.25, 0.3) is 11.1 Å². The fourth-order valence-corrected chi connectivity index (χ4v) is 3.51. The molecule has 0 fully saturated rings. The van der Waals surface area contributed by atoms with Gasteiger partial charge in [-0.3, -0.25) is 4.79 Å². The van der Waals surface area contributed by atoms with Gasteiger partial charge in [0.1, 0.15) is 0 Å². The molecule has 1 aliphatic rings. The zero-order valence-corrected chi connectivity index (χ0v) is 15.5. The predicted octanol–water partition coefficient (Wildman–Crippen LogP) is 3.35. The number of carbonyl (C=O) groups excluding carboxylic acids is 1. The lowest BCUT2D eigenvalue weighted by molar-refractivity contribution is -0.0505. The van der Waals surface area contributed by atoms with Gasteiger partial charge >= 0.3 is 31.3 Å². The summed E-state index contributed by atoms with van der Waals surface area (Å²) in [6.07, 6.45) is 0. The molecule has 0 heterocycles. The van der Waals surface area contributed by atoms with Gasteiger partial charge in [-0.2, -0.15) is 43.2 Å². The lowest BCUT2D eigenvalue weighted by Gasteiger charge is -2.15. The molecule has 0 aliphatic heterocycles. The van der Waals surface area contributed by atoms with Crippen molar-refractivity contribution >= 4 is 26.0 Å². The first-order valence-electron chi connectivity index (χ1n) is 7.39. The Kier molecular flexibility index (Phi) is 4.81. The van der Waals surface area contributed by atoms with Gasteiger partial charge in [-0.25, -0.2) is 0 Å². The van der Waals surface area contributed by atoms with Gasteiger partial charge in [0.05, 0.1) is 0 Å². The molecule has 0 atom stereocenters. The lowest BCUT2D eigenvalue weighted by atomic mass is 10.0. The second-order valence-corrected chi connectivity index (χ2v) is 8.73. The second kappa shape index (κ2) is 6.60. The van der Waals surface area contributed by atoms with E-state index in [9.17, 15) is 48.0 Å². The number of fused-ring (bicyclic) bond motifs is 3. The molecule has 0 saturated heterocycles. The van der Waals surface area contributed by atoms with Crippen LogP contribution in [-0.2, 0) is 20.2 Å². The maximum absolute atomic E-state index is 12.7. The van der Waals surface area contributed by atoms with Crippen LogP contribution in [0.2, 0.25) is 0 Å². The minimum Gasteiger partial charge on any atom is -0.375 e. The van der Waals surface area contributed by atoms with Crippen molar-refractivity contribution in [3.63, 3.8) is 0 Å². The van der Waals surface area contributed by atoms with Crippen LogP contribution < -0.4 is 8.37 Å². The molecule has 0 radical (unpaired) electrons. The van der Waals surface area contributed by atoms with E-state index < -0.39 is 70.8 Å². The van der Waals surface area contributed by atoms with Gasteiger partial charge in [0.15, 0.2) is 17.3 Å². The van der Waals surface area contributed by atoms with Gasteiger partial charge in [-0.1, -0.05) is 24.3 Å². The highest BCUT2D eigenvalue weighted by molar-refractivity contribution is 7.88. The average Bonchev–Trinajstić information content (AvgIpc) is 2.87. The third-order valence-electron chi connectivity index (χ3n) is 3.76. The summed E-state index contributed by atoms with van der Waals surface area (Å²) in [4.78, 5) is 12.5. The Hall–Kier alpha value is -2.81. The van der Waals surface area contributed by atoms with Crippen molar-refractivity contribution in [1.29, 1.82) is 0 Å². The topological polar surface area (TPSA) is 104 Å². The summed E-state index contributed by atoms with van der Waals surface area (Å²) in [6.45, 7) is 0. The number of alkyl halides is 6. The summed E-state index contributed by atoms with van der Waals surface area (Å²) in [5.74, 6) is -3.04. The molecular weight excluding hydrogens is 470 g/mol. The summed E-state index contributed by atoms with van der Waals surface area (Å²) in [5.41, 5.74) is -13.9. The Morgan fingerprint density at radius 3 is 1.27 bits per heavy atom. The van der Waals surface area contributed by atoms with Crippen LogP contribution in [0.15, 0.2) is 36.4 Å². The largest absolute Gasteiger partial charge is 0.534 e. The fraction of sp³-hybridized carbons (Fsp3) is 0.133. The molecule has 162 valence electrons. The normalized spacial score (nSPS) is 14.3. The molecule has 2 aromatic rings.